The van der Waals surface area contributed by atoms with Crippen LogP contribution in [-0.4, -0.2) is 49.4 Å². The van der Waals surface area contributed by atoms with Gasteiger partial charge in [-0.3, -0.25) is 4.90 Å². The van der Waals surface area contributed by atoms with Gasteiger partial charge in [0.25, 0.3) is 0 Å². The Morgan fingerprint density at radius 3 is 2.58 bits per heavy atom. The number of hydrogen-bond donors (Lipinski definition) is 2. The molecule has 2 atom stereocenters. The summed E-state index contributed by atoms with van der Waals surface area (Å²) in [5.41, 5.74) is 6.04. The largest absolute Gasteiger partial charge is 0.383 e. The normalized spacial score (nSPS) is 26.6. The Kier molecular flexibility index (Phi) is 7.89. The molecular formula is C13H22Cl2N2O2. The number of aliphatic hydroxyl groups is 1. The number of β-amino-alcohol motifs (C(OH)–C–C–N with tert-alkyl or cyclic N) is 1. The molecule has 3 N–H and O–H groups in total. The number of benzene rings is 1. The number of methoxy groups -OCH3 is 1. The number of likely N-dealkylation sites (tertiary alicyclic amines) is 1. The minimum Gasteiger partial charge on any atom is -0.383 e. The maximum Gasteiger partial charge on any atom is 0.118 e. The Morgan fingerprint density at radius 2 is 2.00 bits per heavy atom. The van der Waals surface area contributed by atoms with Crippen molar-refractivity contribution < 1.29 is 9.84 Å². The summed E-state index contributed by atoms with van der Waals surface area (Å²) in [7, 11) is 1.68. The fourth-order valence-electron chi connectivity index (χ4n) is 2.37. The summed E-state index contributed by atoms with van der Waals surface area (Å²) < 4.78 is 5.05. The van der Waals surface area contributed by atoms with Crippen molar-refractivity contribution in [3.8, 4) is 0 Å². The molecule has 0 radical (unpaired) electrons. The third-order valence-corrected chi connectivity index (χ3v) is 3.42. The van der Waals surface area contributed by atoms with Gasteiger partial charge in [0.05, 0.1) is 12.6 Å². The Bertz CT molecular complexity index is 367. The van der Waals surface area contributed by atoms with Crippen molar-refractivity contribution in [2.24, 2.45) is 5.73 Å². The summed E-state index contributed by atoms with van der Waals surface area (Å²) in [6, 6.07) is 9.41. The maximum atomic E-state index is 10.7. The Labute approximate surface area is 126 Å². The van der Waals surface area contributed by atoms with Crippen molar-refractivity contribution in [1.29, 1.82) is 0 Å². The molecule has 1 aliphatic rings. The number of rotatable bonds is 4. The lowest BCUT2D eigenvalue weighted by Gasteiger charge is -2.27. The highest BCUT2D eigenvalue weighted by molar-refractivity contribution is 5.85. The molecule has 0 amide bonds. The highest BCUT2D eigenvalue weighted by Crippen LogP contribution is 2.30. The zero-order valence-corrected chi connectivity index (χ0v) is 12.6. The number of nitrogens with zero attached hydrogens (tertiary/aromatic N) is 1. The van der Waals surface area contributed by atoms with Crippen molar-refractivity contribution in [2.75, 3.05) is 33.4 Å². The van der Waals surface area contributed by atoms with Crippen LogP contribution in [0.25, 0.3) is 0 Å². The summed E-state index contributed by atoms with van der Waals surface area (Å²) in [6.07, 6.45) is 0. The average molecular weight is 309 g/mol. The van der Waals surface area contributed by atoms with Gasteiger partial charge in [0, 0.05) is 26.7 Å². The standard InChI is InChI=1S/C13H20N2O2.2ClH/c1-17-8-7-15-9-12(14)13(16,10-15)11-5-3-2-4-6-11;;/h2-6,12,16H,7-10,14H2,1H3;2*1H/t12-,13-;;/m1../s1. The molecule has 6 heteroatoms. The first kappa shape index (κ1) is 18.6. The Balaban J connectivity index is 0.00000162. The molecule has 1 fully saturated rings. The number of halogens is 2. The molecule has 110 valence electrons. The van der Waals surface area contributed by atoms with E-state index in [2.05, 4.69) is 4.90 Å². The molecule has 1 heterocycles. The van der Waals surface area contributed by atoms with E-state index in [9.17, 15) is 5.11 Å². The van der Waals surface area contributed by atoms with Crippen LogP contribution in [-0.2, 0) is 10.3 Å². The van der Waals surface area contributed by atoms with Crippen molar-refractivity contribution in [3.63, 3.8) is 0 Å². The SMILES string of the molecule is COCCN1C[C@@H](N)[C@](O)(c2ccccc2)C1.Cl.Cl. The molecule has 1 aromatic rings. The van der Waals surface area contributed by atoms with E-state index in [0.717, 1.165) is 12.1 Å². The van der Waals surface area contributed by atoms with Crippen molar-refractivity contribution in [2.45, 2.75) is 11.6 Å². The number of hydrogen-bond acceptors (Lipinski definition) is 4. The quantitative estimate of drug-likeness (QED) is 0.871. The van der Waals surface area contributed by atoms with Crippen LogP contribution in [0.4, 0.5) is 0 Å². The summed E-state index contributed by atoms with van der Waals surface area (Å²) >= 11 is 0. The second-order valence-corrected chi connectivity index (χ2v) is 4.62. The molecule has 4 nitrogen and oxygen atoms in total. The first-order valence-corrected chi connectivity index (χ1v) is 5.91. The molecule has 0 spiro atoms. The highest BCUT2D eigenvalue weighted by Gasteiger charge is 2.44. The van der Waals surface area contributed by atoms with E-state index in [4.69, 9.17) is 10.5 Å². The molecule has 1 aliphatic heterocycles. The van der Waals surface area contributed by atoms with Crippen LogP contribution in [0.3, 0.4) is 0 Å². The first-order chi connectivity index (χ1) is 8.16. The molecule has 1 saturated heterocycles. The van der Waals surface area contributed by atoms with Crippen molar-refractivity contribution in [1.82, 2.24) is 4.90 Å². The molecule has 19 heavy (non-hydrogen) atoms. The van der Waals surface area contributed by atoms with Gasteiger partial charge in [0.1, 0.15) is 5.60 Å². The molecular weight excluding hydrogens is 287 g/mol. The topological polar surface area (TPSA) is 58.7 Å². The van der Waals surface area contributed by atoms with Gasteiger partial charge in [-0.2, -0.15) is 0 Å². The molecule has 0 unspecified atom stereocenters. The summed E-state index contributed by atoms with van der Waals surface area (Å²) in [5.74, 6) is 0. The van der Waals surface area contributed by atoms with Crippen LogP contribution in [0.2, 0.25) is 0 Å². The molecule has 0 aliphatic carbocycles. The summed E-state index contributed by atoms with van der Waals surface area (Å²) in [6.45, 7) is 2.74. The minimum absolute atomic E-state index is 0. The van der Waals surface area contributed by atoms with Crippen LogP contribution >= 0.6 is 24.8 Å². The Morgan fingerprint density at radius 1 is 1.37 bits per heavy atom. The van der Waals surface area contributed by atoms with Gasteiger partial charge >= 0.3 is 0 Å². The molecule has 1 aromatic carbocycles. The third kappa shape index (κ3) is 4.05. The van der Waals surface area contributed by atoms with Crippen LogP contribution in [0, 0.1) is 0 Å². The molecule has 0 aromatic heterocycles. The second-order valence-electron chi connectivity index (χ2n) is 4.62. The van der Waals surface area contributed by atoms with E-state index in [1.54, 1.807) is 7.11 Å². The van der Waals surface area contributed by atoms with Gasteiger partial charge in [-0.15, -0.1) is 24.8 Å². The first-order valence-electron chi connectivity index (χ1n) is 5.91. The van der Waals surface area contributed by atoms with E-state index in [0.29, 0.717) is 19.7 Å². The summed E-state index contributed by atoms with van der Waals surface area (Å²) in [4.78, 5) is 2.14. The lowest BCUT2D eigenvalue weighted by Crippen LogP contribution is -2.44. The van der Waals surface area contributed by atoms with Crippen LogP contribution < -0.4 is 5.73 Å². The van der Waals surface area contributed by atoms with E-state index in [-0.39, 0.29) is 30.9 Å². The smallest absolute Gasteiger partial charge is 0.118 e. The van der Waals surface area contributed by atoms with Crippen molar-refractivity contribution >= 4 is 24.8 Å². The molecule has 0 bridgehead atoms. The van der Waals surface area contributed by atoms with E-state index in [1.807, 2.05) is 30.3 Å². The van der Waals surface area contributed by atoms with Gasteiger partial charge in [-0.05, 0) is 5.56 Å². The lowest BCUT2D eigenvalue weighted by atomic mass is 9.90. The molecule has 2 rings (SSSR count). The zero-order chi connectivity index (χ0) is 12.3. The average Bonchev–Trinajstić information content (AvgIpc) is 2.65. The van der Waals surface area contributed by atoms with Gasteiger partial charge in [0.2, 0.25) is 0 Å². The highest BCUT2D eigenvalue weighted by atomic mass is 35.5. The van der Waals surface area contributed by atoms with Crippen LogP contribution in [0.5, 0.6) is 0 Å². The third-order valence-electron chi connectivity index (χ3n) is 3.42. The monoisotopic (exact) mass is 308 g/mol. The number of ether oxygens (including phenoxy) is 1. The van der Waals surface area contributed by atoms with Gasteiger partial charge < -0.3 is 15.6 Å². The lowest BCUT2D eigenvalue weighted by molar-refractivity contribution is 0.0309. The predicted molar refractivity (Wildman–Crippen MR) is 81.1 cm³/mol. The fourth-order valence-corrected chi connectivity index (χ4v) is 2.37. The van der Waals surface area contributed by atoms with E-state index in [1.165, 1.54) is 0 Å². The van der Waals surface area contributed by atoms with Crippen LogP contribution in [0.1, 0.15) is 5.56 Å². The van der Waals surface area contributed by atoms with Gasteiger partial charge in [-0.25, -0.2) is 0 Å². The minimum atomic E-state index is -0.936. The number of nitrogens with two attached hydrogens (primary N) is 1. The summed E-state index contributed by atoms with van der Waals surface area (Å²) in [5, 5.41) is 10.7. The molecule has 0 saturated carbocycles. The zero-order valence-electron chi connectivity index (χ0n) is 11.0. The second kappa shape index (κ2) is 8.04. The van der Waals surface area contributed by atoms with E-state index >= 15 is 0 Å². The predicted octanol–water partition coefficient (Wildman–Crippen LogP) is 1.01. The van der Waals surface area contributed by atoms with Crippen molar-refractivity contribution in [3.05, 3.63) is 35.9 Å². The van der Waals surface area contributed by atoms with Gasteiger partial charge in [-0.1, -0.05) is 30.3 Å². The Hall–Kier alpha value is -0.360. The maximum absolute atomic E-state index is 10.7. The fraction of sp³-hybridized carbons (Fsp3) is 0.538. The van der Waals surface area contributed by atoms with E-state index < -0.39 is 5.60 Å². The van der Waals surface area contributed by atoms with Crippen LogP contribution in [0.15, 0.2) is 30.3 Å². The van der Waals surface area contributed by atoms with Gasteiger partial charge in [0.15, 0.2) is 0 Å².